The fraction of sp³-hybridized carbons (Fsp3) is 0.833. The Bertz CT molecular complexity index is 273. The van der Waals surface area contributed by atoms with Crippen molar-refractivity contribution in [2.24, 2.45) is 11.1 Å². The molecule has 98 valence electrons. The summed E-state index contributed by atoms with van der Waals surface area (Å²) in [4.78, 5) is 22.8. The van der Waals surface area contributed by atoms with Crippen molar-refractivity contribution in [2.75, 3.05) is 19.6 Å². The van der Waals surface area contributed by atoms with Gasteiger partial charge in [-0.15, -0.1) is 0 Å². The molecule has 17 heavy (non-hydrogen) atoms. The van der Waals surface area contributed by atoms with E-state index in [1.54, 1.807) is 0 Å². The van der Waals surface area contributed by atoms with Crippen LogP contribution in [-0.4, -0.2) is 31.4 Å². The molecule has 0 radical (unpaired) electrons. The Morgan fingerprint density at radius 1 is 1.18 bits per heavy atom. The van der Waals surface area contributed by atoms with Gasteiger partial charge in [0.1, 0.15) is 0 Å². The lowest BCUT2D eigenvalue weighted by molar-refractivity contribution is -0.139. The van der Waals surface area contributed by atoms with E-state index in [-0.39, 0.29) is 5.41 Å². The van der Waals surface area contributed by atoms with E-state index in [9.17, 15) is 9.59 Å². The minimum absolute atomic E-state index is 0.212. The van der Waals surface area contributed by atoms with Gasteiger partial charge in [0.15, 0.2) is 0 Å². The molecule has 0 bridgehead atoms. The van der Waals surface area contributed by atoms with Crippen LogP contribution in [0.15, 0.2) is 0 Å². The Hall–Kier alpha value is -1.10. The first kappa shape index (κ1) is 14.0. The molecule has 0 spiro atoms. The summed E-state index contributed by atoms with van der Waals surface area (Å²) >= 11 is 0. The second kappa shape index (κ2) is 6.59. The van der Waals surface area contributed by atoms with E-state index in [0.29, 0.717) is 19.6 Å². The van der Waals surface area contributed by atoms with Crippen LogP contribution in [0.5, 0.6) is 0 Å². The molecule has 0 aromatic rings. The summed E-state index contributed by atoms with van der Waals surface area (Å²) in [5.74, 6) is -1.13. The number of hydrogen-bond donors (Lipinski definition) is 3. The third kappa shape index (κ3) is 4.00. The molecule has 1 saturated carbocycles. The zero-order valence-corrected chi connectivity index (χ0v) is 10.6. The molecule has 1 fully saturated rings. The van der Waals surface area contributed by atoms with Crippen molar-refractivity contribution in [1.82, 2.24) is 10.6 Å². The van der Waals surface area contributed by atoms with Crippen molar-refractivity contribution < 1.29 is 9.59 Å². The minimum atomic E-state index is -0.584. The monoisotopic (exact) mass is 241 g/mol. The van der Waals surface area contributed by atoms with Crippen molar-refractivity contribution in [3.05, 3.63) is 0 Å². The molecule has 5 heteroatoms. The third-order valence-electron chi connectivity index (χ3n) is 3.67. The van der Waals surface area contributed by atoms with E-state index in [2.05, 4.69) is 17.6 Å². The Kier molecular flexibility index (Phi) is 5.41. The lowest BCUT2D eigenvalue weighted by Crippen LogP contribution is -2.45. The van der Waals surface area contributed by atoms with Crippen LogP contribution < -0.4 is 16.4 Å². The van der Waals surface area contributed by atoms with E-state index < -0.39 is 11.8 Å². The summed E-state index contributed by atoms with van der Waals surface area (Å²) in [6, 6.07) is 0. The second-order valence-corrected chi connectivity index (χ2v) is 4.79. The zero-order chi connectivity index (χ0) is 12.7. The molecule has 0 unspecified atom stereocenters. The highest BCUT2D eigenvalue weighted by Crippen LogP contribution is 2.40. The molecule has 1 aliphatic rings. The van der Waals surface area contributed by atoms with Gasteiger partial charge in [-0.3, -0.25) is 9.59 Å². The molecule has 0 saturated heterocycles. The minimum Gasteiger partial charge on any atom is -0.347 e. The molecule has 0 aliphatic heterocycles. The number of amides is 2. The molecule has 2 amide bonds. The van der Waals surface area contributed by atoms with E-state index in [4.69, 9.17) is 5.73 Å². The van der Waals surface area contributed by atoms with Crippen LogP contribution in [-0.2, 0) is 9.59 Å². The normalized spacial score (nSPS) is 17.8. The van der Waals surface area contributed by atoms with Gasteiger partial charge in [0, 0.05) is 19.6 Å². The lowest BCUT2D eigenvalue weighted by Gasteiger charge is -2.27. The Morgan fingerprint density at radius 2 is 1.76 bits per heavy atom. The van der Waals surface area contributed by atoms with Crippen molar-refractivity contribution in [3.63, 3.8) is 0 Å². The van der Waals surface area contributed by atoms with Crippen LogP contribution in [0.25, 0.3) is 0 Å². The Labute approximate surface area is 103 Å². The average Bonchev–Trinajstić information content (AvgIpc) is 2.82. The van der Waals surface area contributed by atoms with E-state index in [0.717, 1.165) is 19.3 Å². The molecular weight excluding hydrogens is 218 g/mol. The maximum absolute atomic E-state index is 11.5. The van der Waals surface area contributed by atoms with E-state index in [1.165, 1.54) is 12.8 Å². The fourth-order valence-corrected chi connectivity index (χ4v) is 2.39. The van der Waals surface area contributed by atoms with Crippen molar-refractivity contribution in [2.45, 2.75) is 39.0 Å². The SMILES string of the molecule is CCC1(CNC(=O)C(=O)NCCN)CCCC1. The first-order valence-electron chi connectivity index (χ1n) is 6.39. The first-order chi connectivity index (χ1) is 8.13. The Balaban J connectivity index is 2.33. The standard InChI is InChI=1S/C12H23N3O2/c1-2-12(5-3-4-6-12)9-15-11(17)10(16)14-8-7-13/h2-9,13H2,1H3,(H,14,16)(H,15,17). The molecular formula is C12H23N3O2. The van der Waals surface area contributed by atoms with Crippen LogP contribution in [0.1, 0.15) is 39.0 Å². The van der Waals surface area contributed by atoms with Gasteiger partial charge >= 0.3 is 11.8 Å². The molecule has 1 rings (SSSR count). The highest BCUT2D eigenvalue weighted by molar-refractivity contribution is 6.35. The maximum atomic E-state index is 11.5. The molecule has 0 aromatic heterocycles. The lowest BCUT2D eigenvalue weighted by atomic mass is 9.83. The van der Waals surface area contributed by atoms with Gasteiger partial charge in [-0.2, -0.15) is 0 Å². The highest BCUT2D eigenvalue weighted by Gasteiger charge is 2.32. The zero-order valence-electron chi connectivity index (χ0n) is 10.6. The largest absolute Gasteiger partial charge is 0.347 e. The average molecular weight is 241 g/mol. The van der Waals surface area contributed by atoms with Crippen LogP contribution in [0.3, 0.4) is 0 Å². The predicted octanol–water partition coefficient (Wildman–Crippen LogP) is 0.148. The predicted molar refractivity (Wildman–Crippen MR) is 66.3 cm³/mol. The summed E-state index contributed by atoms with van der Waals surface area (Å²) in [7, 11) is 0. The Morgan fingerprint density at radius 3 is 2.29 bits per heavy atom. The number of rotatable bonds is 5. The number of nitrogens with two attached hydrogens (primary N) is 1. The van der Waals surface area contributed by atoms with Crippen LogP contribution in [0.4, 0.5) is 0 Å². The van der Waals surface area contributed by atoms with Crippen molar-refractivity contribution in [1.29, 1.82) is 0 Å². The molecule has 1 aliphatic carbocycles. The van der Waals surface area contributed by atoms with Gasteiger partial charge in [-0.05, 0) is 24.7 Å². The number of nitrogens with one attached hydrogen (secondary N) is 2. The summed E-state index contributed by atoms with van der Waals surface area (Å²) in [5, 5.41) is 5.20. The summed E-state index contributed by atoms with van der Waals surface area (Å²) in [6.07, 6.45) is 5.80. The van der Waals surface area contributed by atoms with Gasteiger partial charge in [0.25, 0.3) is 0 Å². The maximum Gasteiger partial charge on any atom is 0.309 e. The van der Waals surface area contributed by atoms with Gasteiger partial charge in [-0.1, -0.05) is 19.8 Å². The summed E-state index contributed by atoms with van der Waals surface area (Å²) in [6.45, 7) is 3.44. The number of carbonyl (C=O) groups is 2. The van der Waals surface area contributed by atoms with E-state index >= 15 is 0 Å². The van der Waals surface area contributed by atoms with Crippen LogP contribution in [0, 0.1) is 5.41 Å². The molecule has 0 atom stereocenters. The van der Waals surface area contributed by atoms with Gasteiger partial charge in [-0.25, -0.2) is 0 Å². The molecule has 4 N–H and O–H groups in total. The smallest absolute Gasteiger partial charge is 0.309 e. The highest BCUT2D eigenvalue weighted by atomic mass is 16.2. The summed E-state index contributed by atoms with van der Waals surface area (Å²) in [5.41, 5.74) is 5.46. The molecule has 5 nitrogen and oxygen atoms in total. The first-order valence-corrected chi connectivity index (χ1v) is 6.39. The molecule has 0 heterocycles. The van der Waals surface area contributed by atoms with Crippen molar-refractivity contribution >= 4 is 11.8 Å². The fourth-order valence-electron chi connectivity index (χ4n) is 2.39. The van der Waals surface area contributed by atoms with Crippen LogP contribution in [0.2, 0.25) is 0 Å². The van der Waals surface area contributed by atoms with Crippen molar-refractivity contribution in [3.8, 4) is 0 Å². The van der Waals surface area contributed by atoms with Gasteiger partial charge in [0.2, 0.25) is 0 Å². The van der Waals surface area contributed by atoms with Gasteiger partial charge in [0.05, 0.1) is 0 Å². The quantitative estimate of drug-likeness (QED) is 0.599. The number of carbonyl (C=O) groups excluding carboxylic acids is 2. The third-order valence-corrected chi connectivity index (χ3v) is 3.67. The second-order valence-electron chi connectivity index (χ2n) is 4.79. The van der Waals surface area contributed by atoms with Crippen LogP contribution >= 0.6 is 0 Å². The molecule has 0 aromatic carbocycles. The van der Waals surface area contributed by atoms with Gasteiger partial charge < -0.3 is 16.4 Å². The summed E-state index contributed by atoms with van der Waals surface area (Å²) < 4.78 is 0. The van der Waals surface area contributed by atoms with E-state index in [1.807, 2.05) is 0 Å². The number of hydrogen-bond acceptors (Lipinski definition) is 3. The topological polar surface area (TPSA) is 84.2 Å².